The Hall–Kier alpha value is -1.29. The second kappa shape index (κ2) is 31.3. The highest BCUT2D eigenvalue weighted by atomic mass is 31.2. The van der Waals surface area contributed by atoms with Crippen molar-refractivity contribution in [2.24, 2.45) is 5.73 Å². The first-order valence-corrected chi connectivity index (χ1v) is 19.2. The molecule has 266 valence electrons. The SMILES string of the molecule is CCCCCCC/C=C\CCCCCCCCOCC(COP(=O)(O)OCC(N)C(=O)O)OC(=O)CCCCCCCCCC. The van der Waals surface area contributed by atoms with Gasteiger partial charge in [0, 0.05) is 13.0 Å². The van der Waals surface area contributed by atoms with Gasteiger partial charge in [-0.1, -0.05) is 122 Å². The Bertz CT molecular complexity index is 781. The number of nitrogens with two attached hydrogens (primary N) is 1. The number of carbonyl (C=O) groups is 2. The van der Waals surface area contributed by atoms with Crippen molar-refractivity contribution in [2.45, 2.75) is 167 Å². The average molecular weight is 664 g/mol. The predicted molar refractivity (Wildman–Crippen MR) is 180 cm³/mol. The summed E-state index contributed by atoms with van der Waals surface area (Å²) in [5, 5.41) is 8.83. The third-order valence-electron chi connectivity index (χ3n) is 7.54. The van der Waals surface area contributed by atoms with Crippen LogP contribution in [0.4, 0.5) is 0 Å². The van der Waals surface area contributed by atoms with E-state index in [0.717, 1.165) is 44.9 Å². The summed E-state index contributed by atoms with van der Waals surface area (Å²) in [6.07, 6.45) is 28.5. The monoisotopic (exact) mass is 663 g/mol. The average Bonchev–Trinajstić information content (AvgIpc) is 3.01. The Morgan fingerprint density at radius 1 is 0.689 bits per heavy atom. The number of phosphoric ester groups is 1. The molecule has 0 aliphatic carbocycles. The van der Waals surface area contributed by atoms with Gasteiger partial charge >= 0.3 is 19.8 Å². The molecule has 0 saturated heterocycles. The second-order valence-corrected chi connectivity index (χ2v) is 13.5. The number of unbranched alkanes of at least 4 members (excludes halogenated alkanes) is 18. The highest BCUT2D eigenvalue weighted by Crippen LogP contribution is 2.43. The number of aliphatic carboxylic acids is 1. The molecule has 0 radical (unpaired) electrons. The lowest BCUT2D eigenvalue weighted by molar-refractivity contribution is -0.154. The zero-order valence-corrected chi connectivity index (χ0v) is 29.4. The molecule has 3 unspecified atom stereocenters. The standard InChI is InChI=1S/C34H66NO9P/c1-3-5-7-9-11-13-14-15-16-17-18-19-21-23-25-27-41-28-31(29-42-45(39,40)43-30-32(35)34(37)38)44-33(36)26-24-22-20-12-10-8-6-4-2/h14-15,31-32H,3-13,16-30,35H2,1-2H3,(H,37,38)(H,39,40)/b15-14-. The molecule has 0 aromatic rings. The van der Waals surface area contributed by atoms with E-state index in [0.29, 0.717) is 13.0 Å². The van der Waals surface area contributed by atoms with E-state index in [2.05, 4.69) is 30.5 Å². The van der Waals surface area contributed by atoms with E-state index in [1.165, 1.54) is 83.5 Å². The van der Waals surface area contributed by atoms with Gasteiger partial charge in [0.25, 0.3) is 0 Å². The van der Waals surface area contributed by atoms with Gasteiger partial charge in [0.1, 0.15) is 12.1 Å². The number of carboxylic acids is 1. The van der Waals surface area contributed by atoms with Crippen molar-refractivity contribution in [3.8, 4) is 0 Å². The van der Waals surface area contributed by atoms with Crippen LogP contribution in [-0.2, 0) is 32.7 Å². The minimum absolute atomic E-state index is 0.0166. The molecule has 0 saturated carbocycles. The van der Waals surface area contributed by atoms with Gasteiger partial charge in [-0.2, -0.15) is 0 Å². The number of allylic oxidation sites excluding steroid dienone is 2. The van der Waals surface area contributed by atoms with Crippen LogP contribution in [0.2, 0.25) is 0 Å². The summed E-state index contributed by atoms with van der Waals surface area (Å²) < 4.78 is 33.0. The smallest absolute Gasteiger partial charge is 0.472 e. The van der Waals surface area contributed by atoms with Crippen LogP contribution in [0.25, 0.3) is 0 Å². The van der Waals surface area contributed by atoms with Crippen LogP contribution in [0.1, 0.15) is 155 Å². The largest absolute Gasteiger partial charge is 0.480 e. The van der Waals surface area contributed by atoms with Gasteiger partial charge in [-0.15, -0.1) is 0 Å². The molecule has 0 aliphatic heterocycles. The number of esters is 1. The lowest BCUT2D eigenvalue weighted by Crippen LogP contribution is -2.34. The number of carbonyl (C=O) groups excluding carboxylic acids is 1. The first-order valence-electron chi connectivity index (χ1n) is 17.7. The lowest BCUT2D eigenvalue weighted by atomic mass is 10.1. The van der Waals surface area contributed by atoms with Crippen molar-refractivity contribution in [3.63, 3.8) is 0 Å². The van der Waals surface area contributed by atoms with Crippen LogP contribution in [0.15, 0.2) is 12.2 Å². The van der Waals surface area contributed by atoms with E-state index < -0.39 is 45.1 Å². The molecule has 0 spiro atoms. The normalized spacial score (nSPS) is 14.4. The number of carboxylic acid groups (broad SMARTS) is 1. The van der Waals surface area contributed by atoms with Crippen molar-refractivity contribution in [1.29, 1.82) is 0 Å². The summed E-state index contributed by atoms with van der Waals surface area (Å²) in [5.41, 5.74) is 5.32. The third kappa shape index (κ3) is 31.1. The number of rotatable bonds is 34. The molecular weight excluding hydrogens is 597 g/mol. The van der Waals surface area contributed by atoms with Crippen LogP contribution in [0.5, 0.6) is 0 Å². The van der Waals surface area contributed by atoms with Gasteiger partial charge in [-0.25, -0.2) is 4.57 Å². The summed E-state index contributed by atoms with van der Waals surface area (Å²) in [7, 11) is -4.60. The lowest BCUT2D eigenvalue weighted by Gasteiger charge is -2.20. The van der Waals surface area contributed by atoms with Gasteiger partial charge in [0.2, 0.25) is 0 Å². The van der Waals surface area contributed by atoms with Gasteiger partial charge in [0.15, 0.2) is 0 Å². The van der Waals surface area contributed by atoms with Gasteiger partial charge < -0.3 is 25.2 Å². The molecule has 0 aromatic carbocycles. The van der Waals surface area contributed by atoms with Gasteiger partial charge in [-0.05, 0) is 38.5 Å². The molecule has 0 fully saturated rings. The first-order chi connectivity index (χ1) is 21.7. The van der Waals surface area contributed by atoms with Crippen LogP contribution < -0.4 is 5.73 Å². The van der Waals surface area contributed by atoms with E-state index >= 15 is 0 Å². The van der Waals surface area contributed by atoms with Crippen LogP contribution in [0.3, 0.4) is 0 Å². The zero-order chi connectivity index (χ0) is 33.4. The Morgan fingerprint density at radius 2 is 1.16 bits per heavy atom. The molecule has 0 amide bonds. The fourth-order valence-corrected chi connectivity index (χ4v) is 5.49. The van der Waals surface area contributed by atoms with E-state index in [9.17, 15) is 19.0 Å². The minimum atomic E-state index is -4.60. The molecular formula is C34H66NO9P. The van der Waals surface area contributed by atoms with Gasteiger partial charge in [-0.3, -0.25) is 18.6 Å². The summed E-state index contributed by atoms with van der Waals surface area (Å²) in [5.74, 6) is -1.78. The molecule has 45 heavy (non-hydrogen) atoms. The van der Waals surface area contributed by atoms with E-state index in [1.54, 1.807) is 0 Å². The summed E-state index contributed by atoms with van der Waals surface area (Å²) in [6, 6.07) is -1.47. The number of hydrogen-bond donors (Lipinski definition) is 3. The molecule has 3 atom stereocenters. The molecule has 0 aliphatic rings. The molecule has 11 heteroatoms. The molecule has 0 heterocycles. The van der Waals surface area contributed by atoms with E-state index in [1.807, 2.05) is 0 Å². The highest BCUT2D eigenvalue weighted by Gasteiger charge is 2.27. The number of hydrogen-bond acceptors (Lipinski definition) is 8. The van der Waals surface area contributed by atoms with Crippen molar-refractivity contribution >= 4 is 19.8 Å². The van der Waals surface area contributed by atoms with E-state index in [4.69, 9.17) is 24.8 Å². The summed E-state index contributed by atoms with van der Waals surface area (Å²) in [4.78, 5) is 33.2. The van der Waals surface area contributed by atoms with Crippen LogP contribution in [0, 0.1) is 0 Å². The Balaban J connectivity index is 4.28. The number of ether oxygens (including phenoxy) is 2. The maximum absolute atomic E-state index is 12.4. The fourth-order valence-electron chi connectivity index (χ4n) is 4.71. The van der Waals surface area contributed by atoms with Gasteiger partial charge in [0.05, 0.1) is 19.8 Å². The van der Waals surface area contributed by atoms with Crippen LogP contribution >= 0.6 is 7.82 Å². The minimum Gasteiger partial charge on any atom is -0.480 e. The van der Waals surface area contributed by atoms with Crippen molar-refractivity contribution < 1.29 is 42.7 Å². The Kier molecular flexibility index (Phi) is 30.4. The van der Waals surface area contributed by atoms with Crippen molar-refractivity contribution in [1.82, 2.24) is 0 Å². The maximum Gasteiger partial charge on any atom is 0.472 e. The molecule has 0 bridgehead atoms. The third-order valence-corrected chi connectivity index (χ3v) is 8.50. The molecule has 0 aromatic heterocycles. The first kappa shape index (κ1) is 43.7. The Morgan fingerprint density at radius 3 is 1.69 bits per heavy atom. The topological polar surface area (TPSA) is 155 Å². The molecule has 10 nitrogen and oxygen atoms in total. The van der Waals surface area contributed by atoms with Crippen molar-refractivity contribution in [3.05, 3.63) is 12.2 Å². The van der Waals surface area contributed by atoms with Crippen molar-refractivity contribution in [2.75, 3.05) is 26.4 Å². The molecule has 0 rings (SSSR count). The number of phosphoric acid groups is 1. The maximum atomic E-state index is 12.4. The fraction of sp³-hybridized carbons (Fsp3) is 0.882. The zero-order valence-electron chi connectivity index (χ0n) is 28.5. The molecule has 4 N–H and O–H groups in total. The highest BCUT2D eigenvalue weighted by molar-refractivity contribution is 7.47. The summed E-state index contributed by atoms with van der Waals surface area (Å²) in [6.45, 7) is 3.81. The van der Waals surface area contributed by atoms with Crippen LogP contribution in [-0.4, -0.2) is 60.5 Å². The Labute approximate surface area is 273 Å². The van der Waals surface area contributed by atoms with E-state index in [-0.39, 0.29) is 13.0 Å². The second-order valence-electron chi connectivity index (χ2n) is 12.0. The summed E-state index contributed by atoms with van der Waals surface area (Å²) >= 11 is 0. The predicted octanol–water partition coefficient (Wildman–Crippen LogP) is 8.64. The quantitative estimate of drug-likeness (QED) is 0.0264.